The summed E-state index contributed by atoms with van der Waals surface area (Å²) in [5, 5.41) is 10.0. The Morgan fingerprint density at radius 1 is 1.48 bits per heavy atom. The van der Waals surface area contributed by atoms with Crippen molar-refractivity contribution in [3.8, 4) is 0 Å². The van der Waals surface area contributed by atoms with Crippen LogP contribution in [0.3, 0.4) is 0 Å². The quantitative estimate of drug-likeness (QED) is 0.767. The van der Waals surface area contributed by atoms with Crippen molar-refractivity contribution >= 4 is 5.91 Å². The first kappa shape index (κ1) is 15.5. The van der Waals surface area contributed by atoms with E-state index in [2.05, 4.69) is 25.5 Å². The van der Waals surface area contributed by atoms with E-state index in [0.29, 0.717) is 23.5 Å². The molecule has 0 bridgehead atoms. The van der Waals surface area contributed by atoms with Crippen molar-refractivity contribution in [1.29, 1.82) is 0 Å². The first-order chi connectivity index (χ1) is 11.1. The second-order valence-corrected chi connectivity index (χ2v) is 5.99. The molecule has 0 saturated carbocycles. The number of aryl methyl sites for hydroxylation is 3. The van der Waals surface area contributed by atoms with E-state index in [4.69, 9.17) is 0 Å². The summed E-state index contributed by atoms with van der Waals surface area (Å²) in [6, 6.07) is 0.0812. The van der Waals surface area contributed by atoms with E-state index in [0.717, 1.165) is 25.0 Å². The summed E-state index contributed by atoms with van der Waals surface area (Å²) in [5.41, 5.74) is 3.16. The molecule has 0 saturated heterocycles. The maximum absolute atomic E-state index is 12.3. The van der Waals surface area contributed by atoms with Crippen LogP contribution >= 0.6 is 0 Å². The van der Waals surface area contributed by atoms with Crippen molar-refractivity contribution in [2.45, 2.75) is 52.0 Å². The van der Waals surface area contributed by atoms with E-state index < -0.39 is 0 Å². The van der Waals surface area contributed by atoms with Gasteiger partial charge in [0, 0.05) is 35.8 Å². The topological polar surface area (TPSA) is 104 Å². The molecule has 0 aliphatic heterocycles. The van der Waals surface area contributed by atoms with Gasteiger partial charge in [-0.05, 0) is 25.3 Å². The predicted octanol–water partition coefficient (Wildman–Crippen LogP) is 0.580. The fourth-order valence-corrected chi connectivity index (χ4v) is 3.01. The van der Waals surface area contributed by atoms with Gasteiger partial charge in [-0.1, -0.05) is 6.92 Å². The number of carbonyl (C=O) groups is 1. The van der Waals surface area contributed by atoms with Crippen LogP contribution in [0.1, 0.15) is 41.7 Å². The lowest BCUT2D eigenvalue weighted by Crippen LogP contribution is -2.40. The zero-order chi connectivity index (χ0) is 16.4. The molecule has 1 aliphatic carbocycles. The summed E-state index contributed by atoms with van der Waals surface area (Å²) in [7, 11) is 0. The van der Waals surface area contributed by atoms with Gasteiger partial charge in [-0.3, -0.25) is 14.7 Å². The molecular weight excluding hydrogens is 294 g/mol. The molecule has 1 amide bonds. The van der Waals surface area contributed by atoms with Gasteiger partial charge in [0.25, 0.3) is 5.56 Å². The highest BCUT2D eigenvalue weighted by molar-refractivity contribution is 5.79. The molecular formula is C16H21N5O2. The minimum Gasteiger partial charge on any atom is -0.353 e. The van der Waals surface area contributed by atoms with Crippen LogP contribution < -0.4 is 10.9 Å². The summed E-state index contributed by atoms with van der Waals surface area (Å²) in [6.45, 7) is 3.70. The van der Waals surface area contributed by atoms with Gasteiger partial charge in [-0.15, -0.1) is 0 Å². The standard InChI is InChI=1S/C16H21N5O2/c1-3-14-18-9(2)12(16(23)20-14)7-15(22)19-11-5-4-10-8-17-21-13(10)6-11/h8,11H,3-7H2,1-2H3,(H,17,21)(H,19,22)(H,18,20,23)/t11-/m0/s1. The van der Waals surface area contributed by atoms with Crippen LogP contribution in [0.4, 0.5) is 0 Å². The van der Waals surface area contributed by atoms with Gasteiger partial charge in [0.05, 0.1) is 12.6 Å². The molecule has 7 heteroatoms. The second kappa shape index (κ2) is 6.36. The number of hydrogen-bond donors (Lipinski definition) is 3. The Kier molecular flexibility index (Phi) is 4.27. The molecule has 0 radical (unpaired) electrons. The predicted molar refractivity (Wildman–Crippen MR) is 85.2 cm³/mol. The third-order valence-corrected chi connectivity index (χ3v) is 4.33. The van der Waals surface area contributed by atoms with Gasteiger partial charge in [0.2, 0.25) is 5.91 Å². The molecule has 7 nitrogen and oxygen atoms in total. The van der Waals surface area contributed by atoms with Crippen LogP contribution in [0.5, 0.6) is 0 Å². The molecule has 122 valence electrons. The van der Waals surface area contributed by atoms with Crippen LogP contribution in [0, 0.1) is 6.92 Å². The number of aromatic amines is 2. The minimum atomic E-state index is -0.219. The summed E-state index contributed by atoms with van der Waals surface area (Å²) >= 11 is 0. The zero-order valence-corrected chi connectivity index (χ0v) is 13.4. The smallest absolute Gasteiger partial charge is 0.254 e. The molecule has 1 aliphatic rings. The van der Waals surface area contributed by atoms with E-state index in [9.17, 15) is 9.59 Å². The number of amides is 1. The van der Waals surface area contributed by atoms with E-state index in [1.54, 1.807) is 6.92 Å². The molecule has 0 unspecified atom stereocenters. The Hall–Kier alpha value is -2.44. The Balaban J connectivity index is 1.65. The van der Waals surface area contributed by atoms with E-state index >= 15 is 0 Å². The fraction of sp³-hybridized carbons (Fsp3) is 0.500. The average molecular weight is 315 g/mol. The van der Waals surface area contributed by atoms with Gasteiger partial charge < -0.3 is 10.3 Å². The maximum atomic E-state index is 12.3. The third-order valence-electron chi connectivity index (χ3n) is 4.33. The first-order valence-electron chi connectivity index (χ1n) is 7.96. The number of aromatic nitrogens is 4. The molecule has 3 N–H and O–H groups in total. The van der Waals surface area contributed by atoms with Gasteiger partial charge in [0.1, 0.15) is 5.82 Å². The van der Waals surface area contributed by atoms with Crippen LogP contribution in [-0.4, -0.2) is 32.1 Å². The number of H-pyrrole nitrogens is 2. The molecule has 2 aromatic rings. The monoisotopic (exact) mass is 315 g/mol. The molecule has 23 heavy (non-hydrogen) atoms. The highest BCUT2D eigenvalue weighted by Gasteiger charge is 2.22. The molecule has 0 spiro atoms. The van der Waals surface area contributed by atoms with Crippen molar-refractivity contribution in [2.24, 2.45) is 0 Å². The lowest BCUT2D eigenvalue weighted by molar-refractivity contribution is -0.121. The summed E-state index contributed by atoms with van der Waals surface area (Å²) in [4.78, 5) is 31.4. The number of nitrogens with one attached hydrogen (secondary N) is 3. The Bertz CT molecular complexity index is 777. The normalized spacial score (nSPS) is 16.9. The molecule has 2 heterocycles. The number of fused-ring (bicyclic) bond motifs is 1. The molecule has 1 atom stereocenters. The van der Waals surface area contributed by atoms with Gasteiger partial charge in [0.15, 0.2) is 0 Å². The van der Waals surface area contributed by atoms with Crippen molar-refractivity contribution < 1.29 is 4.79 Å². The number of rotatable bonds is 4. The first-order valence-corrected chi connectivity index (χ1v) is 7.96. The SMILES string of the molecule is CCc1nc(C)c(CC(=O)N[C@H]2CCc3cn[nH]c3C2)c(=O)[nH]1. The third kappa shape index (κ3) is 3.33. The van der Waals surface area contributed by atoms with Crippen molar-refractivity contribution in [3.63, 3.8) is 0 Å². The van der Waals surface area contributed by atoms with E-state index in [-0.39, 0.29) is 23.9 Å². The zero-order valence-electron chi connectivity index (χ0n) is 13.4. The Morgan fingerprint density at radius 2 is 2.30 bits per heavy atom. The fourth-order valence-electron chi connectivity index (χ4n) is 3.01. The number of carbonyl (C=O) groups excluding carboxylic acids is 1. The number of hydrogen-bond acceptors (Lipinski definition) is 4. The largest absolute Gasteiger partial charge is 0.353 e. The highest BCUT2D eigenvalue weighted by Crippen LogP contribution is 2.18. The lowest BCUT2D eigenvalue weighted by Gasteiger charge is -2.22. The Labute approximate surface area is 133 Å². The van der Waals surface area contributed by atoms with E-state index in [1.807, 2.05) is 13.1 Å². The lowest BCUT2D eigenvalue weighted by atomic mass is 9.93. The van der Waals surface area contributed by atoms with Crippen molar-refractivity contribution in [1.82, 2.24) is 25.5 Å². The molecule has 0 aromatic carbocycles. The van der Waals surface area contributed by atoms with E-state index in [1.165, 1.54) is 5.56 Å². The van der Waals surface area contributed by atoms with Gasteiger partial charge in [-0.25, -0.2) is 4.98 Å². The molecule has 2 aromatic heterocycles. The summed E-state index contributed by atoms with van der Waals surface area (Å²) in [6.07, 6.45) is 5.12. The average Bonchev–Trinajstić information content (AvgIpc) is 2.98. The van der Waals surface area contributed by atoms with Crippen LogP contribution in [-0.2, 0) is 30.5 Å². The van der Waals surface area contributed by atoms with Crippen molar-refractivity contribution in [3.05, 3.63) is 44.9 Å². The van der Waals surface area contributed by atoms with Crippen LogP contribution in [0.2, 0.25) is 0 Å². The second-order valence-electron chi connectivity index (χ2n) is 5.99. The summed E-state index contributed by atoms with van der Waals surface area (Å²) < 4.78 is 0. The summed E-state index contributed by atoms with van der Waals surface area (Å²) in [5.74, 6) is 0.508. The van der Waals surface area contributed by atoms with Gasteiger partial charge in [-0.2, -0.15) is 5.10 Å². The molecule has 3 rings (SSSR count). The van der Waals surface area contributed by atoms with Gasteiger partial charge >= 0.3 is 0 Å². The van der Waals surface area contributed by atoms with Crippen LogP contribution in [0.25, 0.3) is 0 Å². The maximum Gasteiger partial charge on any atom is 0.254 e. The van der Waals surface area contributed by atoms with Crippen molar-refractivity contribution in [2.75, 3.05) is 0 Å². The minimum absolute atomic E-state index is 0.0600. The number of nitrogens with zero attached hydrogens (tertiary/aromatic N) is 2. The molecule has 0 fully saturated rings. The Morgan fingerprint density at radius 3 is 3.04 bits per heavy atom. The van der Waals surface area contributed by atoms with Crippen LogP contribution in [0.15, 0.2) is 11.0 Å². The highest BCUT2D eigenvalue weighted by atomic mass is 16.2.